The molecule has 60 heavy (non-hydrogen) atoms. The number of aliphatic hydroxyl groups is 1. The fourth-order valence-corrected chi connectivity index (χ4v) is 10.1. The molecule has 6 aliphatic carbocycles. The van der Waals surface area contributed by atoms with Gasteiger partial charge in [-0.1, -0.05) is 34.6 Å². The zero-order valence-corrected chi connectivity index (χ0v) is 32.9. The number of rotatable bonds is 12. The Labute approximate surface area is 342 Å². The largest absolute Gasteiger partial charge is 0.573 e. The summed E-state index contributed by atoms with van der Waals surface area (Å²) in [7, 11) is 0. The number of hydrogen-bond acceptors (Lipinski definition) is 10. The topological polar surface area (TPSA) is 132 Å². The average Bonchev–Trinajstić information content (AvgIpc) is 4.12. The molecule has 6 aliphatic rings. The lowest BCUT2D eigenvalue weighted by Crippen LogP contribution is -2.40. The Morgan fingerprint density at radius 3 is 1.42 bits per heavy atom. The number of Topliss-reactive ketones (excluding diaryl/α,β-unsaturated/α-hetero) is 1. The van der Waals surface area contributed by atoms with Crippen molar-refractivity contribution >= 4 is 5.78 Å². The maximum absolute atomic E-state index is 12.9. The molecule has 6 saturated carbocycles. The van der Waals surface area contributed by atoms with Crippen molar-refractivity contribution in [1.82, 2.24) is 20.9 Å². The highest BCUT2D eigenvalue weighted by atomic mass is 19.4. The van der Waals surface area contributed by atoms with Gasteiger partial charge in [-0.25, -0.2) is 0 Å². The minimum absolute atomic E-state index is 0.145. The van der Waals surface area contributed by atoms with Gasteiger partial charge in [0.25, 0.3) is 0 Å². The van der Waals surface area contributed by atoms with Gasteiger partial charge < -0.3 is 34.3 Å². The minimum Gasteiger partial charge on any atom is -0.405 e. The Morgan fingerprint density at radius 2 is 1.00 bits per heavy atom. The van der Waals surface area contributed by atoms with Gasteiger partial charge >= 0.3 is 12.7 Å². The predicted octanol–water partition coefficient (Wildman–Crippen LogP) is 9.72. The van der Waals surface area contributed by atoms with E-state index in [0.717, 1.165) is 99.7 Å². The summed E-state index contributed by atoms with van der Waals surface area (Å²) in [6.45, 7) is 0.925. The number of benzene rings is 2. The number of aromatic nitrogens is 2. The van der Waals surface area contributed by atoms with Crippen LogP contribution < -0.4 is 20.1 Å². The smallest absolute Gasteiger partial charge is 0.405 e. The number of nitrogens with zero attached hydrogens (tertiary/aromatic N) is 2. The summed E-state index contributed by atoms with van der Waals surface area (Å²) < 4.78 is 96.9. The second-order valence-corrected chi connectivity index (χ2v) is 17.4. The molecule has 4 aromatic rings. The van der Waals surface area contributed by atoms with E-state index in [1.807, 2.05) is 0 Å². The number of alkyl halides is 6. The fraction of sp³-hybridized carbons (Fsp3) is 0.568. The van der Waals surface area contributed by atoms with Gasteiger partial charge in [-0.2, -0.15) is 0 Å². The standard InChI is InChI=1S/C22H25F3N2O3.C22H23F3N2O3/c2*23-22(24,25)29-18-4-2-1-3-16(18)19-17(21(30-27-19)12-5-6-12)11-26-15-9-13-7-8-14(10-15)20(13)28/h1-4,12-15,20,26,28H,5-11H2;1-4,12-15,26H,5-11H2. The summed E-state index contributed by atoms with van der Waals surface area (Å²) in [5.74, 6) is 2.86. The normalized spacial score (nSPS) is 27.4. The first-order valence-electron chi connectivity index (χ1n) is 21.1. The molecule has 0 aliphatic heterocycles. The molecule has 4 unspecified atom stereocenters. The molecule has 4 atom stereocenters. The summed E-state index contributed by atoms with van der Waals surface area (Å²) in [6.07, 6.45) is 1.79. The van der Waals surface area contributed by atoms with Crippen molar-refractivity contribution in [2.24, 2.45) is 23.7 Å². The molecule has 0 amide bonds. The van der Waals surface area contributed by atoms with Gasteiger partial charge in [-0.05, 0) is 113 Å². The summed E-state index contributed by atoms with van der Waals surface area (Å²) in [6, 6.07) is 12.6. The van der Waals surface area contributed by atoms with E-state index in [1.54, 1.807) is 24.3 Å². The first-order chi connectivity index (χ1) is 28.8. The first-order valence-corrected chi connectivity index (χ1v) is 21.1. The molecular formula is C44H48F6N4O6. The molecule has 10 rings (SSSR count). The Bertz CT molecular complexity index is 2130. The van der Waals surface area contributed by atoms with E-state index >= 15 is 0 Å². The molecule has 3 N–H and O–H groups in total. The summed E-state index contributed by atoms with van der Waals surface area (Å²) in [5, 5.41) is 25.7. The van der Waals surface area contributed by atoms with Gasteiger partial charge in [0.15, 0.2) is 0 Å². The molecule has 6 fully saturated rings. The molecule has 0 saturated heterocycles. The SMILES string of the molecule is O=C1C2CCC1CC(NCc1c(-c3ccccc3OC(F)(F)F)noc1C1CC1)C2.OC1C2CCC1CC(NCc1c(-c3ccccc3OC(F)(F)F)noc1C1CC1)C2. The Kier molecular flexibility index (Phi) is 11.2. The van der Waals surface area contributed by atoms with E-state index in [4.69, 9.17) is 9.05 Å². The summed E-state index contributed by atoms with van der Waals surface area (Å²) in [5.41, 5.74) is 2.94. The lowest BCUT2D eigenvalue weighted by molar-refractivity contribution is -0.275. The highest BCUT2D eigenvalue weighted by Crippen LogP contribution is 2.48. The molecule has 2 aromatic carbocycles. The van der Waals surface area contributed by atoms with Crippen molar-refractivity contribution in [2.75, 3.05) is 0 Å². The Morgan fingerprint density at radius 1 is 0.600 bits per heavy atom. The molecule has 322 valence electrons. The molecule has 2 aromatic heterocycles. The van der Waals surface area contributed by atoms with Crippen molar-refractivity contribution in [1.29, 1.82) is 0 Å². The number of nitrogens with one attached hydrogen (secondary N) is 2. The van der Waals surface area contributed by atoms with Crippen LogP contribution in [0, 0.1) is 23.7 Å². The van der Waals surface area contributed by atoms with Crippen molar-refractivity contribution in [3.63, 3.8) is 0 Å². The highest BCUT2D eigenvalue weighted by Gasteiger charge is 2.44. The maximum atomic E-state index is 12.9. The van der Waals surface area contributed by atoms with Gasteiger partial charge in [-0.15, -0.1) is 26.3 Å². The van der Waals surface area contributed by atoms with Crippen LogP contribution in [0.15, 0.2) is 57.6 Å². The lowest BCUT2D eigenvalue weighted by Gasteiger charge is -2.32. The van der Waals surface area contributed by atoms with Gasteiger partial charge in [-0.3, -0.25) is 4.79 Å². The van der Waals surface area contributed by atoms with E-state index in [2.05, 4.69) is 30.4 Å². The number of fused-ring (bicyclic) bond motifs is 4. The molecule has 16 heteroatoms. The van der Waals surface area contributed by atoms with Gasteiger partial charge in [0, 0.05) is 71.1 Å². The van der Waals surface area contributed by atoms with Crippen molar-refractivity contribution < 1.29 is 54.8 Å². The monoisotopic (exact) mass is 842 g/mol. The molecule has 0 spiro atoms. The Hall–Kier alpha value is -4.41. The second kappa shape index (κ2) is 16.5. The number of ketones is 1. The zero-order valence-electron chi connectivity index (χ0n) is 32.9. The zero-order chi connectivity index (χ0) is 41.8. The van der Waals surface area contributed by atoms with Crippen LogP contribution in [0.3, 0.4) is 0 Å². The first kappa shape index (κ1) is 41.0. The van der Waals surface area contributed by atoms with Crippen molar-refractivity contribution in [2.45, 2.75) is 133 Å². The number of carbonyl (C=O) groups excluding carboxylic acids is 1. The van der Waals surface area contributed by atoms with E-state index in [-0.39, 0.29) is 64.5 Å². The molecular weight excluding hydrogens is 794 g/mol. The van der Waals surface area contributed by atoms with Crippen LogP contribution in [-0.2, 0) is 17.9 Å². The van der Waals surface area contributed by atoms with Gasteiger partial charge in [0.1, 0.15) is 40.2 Å². The molecule has 2 heterocycles. The number of para-hydroxylation sites is 2. The third-order valence-corrected chi connectivity index (χ3v) is 13.3. The highest BCUT2D eigenvalue weighted by molar-refractivity contribution is 5.86. The minimum atomic E-state index is -4.79. The van der Waals surface area contributed by atoms with E-state index in [1.165, 1.54) is 24.3 Å². The number of halogens is 6. The third kappa shape index (κ3) is 9.10. The van der Waals surface area contributed by atoms with Crippen LogP contribution in [0.5, 0.6) is 11.5 Å². The van der Waals surface area contributed by atoms with Crippen LogP contribution in [0.4, 0.5) is 26.3 Å². The van der Waals surface area contributed by atoms with Crippen LogP contribution >= 0.6 is 0 Å². The van der Waals surface area contributed by atoms with Gasteiger partial charge in [0.05, 0.1) is 6.10 Å². The summed E-state index contributed by atoms with van der Waals surface area (Å²) >= 11 is 0. The van der Waals surface area contributed by atoms with E-state index < -0.39 is 12.7 Å². The number of aliphatic hydroxyl groups excluding tert-OH is 1. The second-order valence-electron chi connectivity index (χ2n) is 17.4. The molecule has 10 nitrogen and oxygen atoms in total. The molecule has 4 bridgehead atoms. The van der Waals surface area contributed by atoms with E-state index in [9.17, 15) is 36.2 Å². The fourth-order valence-electron chi connectivity index (χ4n) is 10.1. The number of ether oxygens (including phenoxy) is 2. The quantitative estimate of drug-likeness (QED) is 0.119. The van der Waals surface area contributed by atoms with Crippen LogP contribution in [0.2, 0.25) is 0 Å². The number of carbonyl (C=O) groups is 1. The van der Waals surface area contributed by atoms with E-state index in [0.29, 0.717) is 42.1 Å². The molecule has 0 radical (unpaired) electrons. The Balaban J connectivity index is 0.000000154. The van der Waals surface area contributed by atoms with Crippen LogP contribution in [0.1, 0.15) is 112 Å². The third-order valence-electron chi connectivity index (χ3n) is 13.3. The van der Waals surface area contributed by atoms with Crippen molar-refractivity contribution in [3.8, 4) is 34.0 Å². The average molecular weight is 843 g/mol. The van der Waals surface area contributed by atoms with Crippen LogP contribution in [-0.4, -0.2) is 52.1 Å². The lowest BCUT2D eigenvalue weighted by atomic mass is 9.83. The summed E-state index contributed by atoms with van der Waals surface area (Å²) in [4.78, 5) is 12.1. The van der Waals surface area contributed by atoms with Crippen molar-refractivity contribution in [3.05, 3.63) is 71.2 Å². The maximum Gasteiger partial charge on any atom is 0.573 e. The van der Waals surface area contributed by atoms with Crippen LogP contribution in [0.25, 0.3) is 22.5 Å². The predicted molar refractivity (Wildman–Crippen MR) is 204 cm³/mol. The van der Waals surface area contributed by atoms with Gasteiger partial charge in [0.2, 0.25) is 0 Å². The number of hydrogen-bond donors (Lipinski definition) is 3.